The lowest BCUT2D eigenvalue weighted by atomic mass is 10.1. The Balaban J connectivity index is 2.16. The Labute approximate surface area is 50.5 Å². The van der Waals surface area contributed by atoms with Crippen molar-refractivity contribution in [2.45, 2.75) is 13.3 Å². The largest absolute Gasteiger partial charge is 0.314 e. The summed E-state index contributed by atoms with van der Waals surface area (Å²) in [4.78, 5) is 0. The van der Waals surface area contributed by atoms with Crippen LogP contribution in [0.25, 0.3) is 0 Å². The zero-order chi connectivity index (χ0) is 5.82. The third-order valence-electron chi connectivity index (χ3n) is 1.26. The summed E-state index contributed by atoms with van der Waals surface area (Å²) in [7, 11) is 0. The van der Waals surface area contributed by atoms with Crippen LogP contribution in [0.15, 0.2) is 0 Å². The molecule has 44 valence electrons. The molecule has 1 heteroatoms. The lowest BCUT2D eigenvalue weighted by Crippen LogP contribution is -2.40. The van der Waals surface area contributed by atoms with Crippen molar-refractivity contribution in [3.8, 4) is 11.8 Å². The highest BCUT2D eigenvalue weighted by Crippen LogP contribution is 1.98. The molecule has 0 aromatic heterocycles. The van der Waals surface area contributed by atoms with Crippen molar-refractivity contribution in [1.29, 1.82) is 0 Å². The van der Waals surface area contributed by atoms with E-state index in [0.717, 1.165) is 19.5 Å². The molecule has 1 aliphatic heterocycles. The number of rotatable bonds is 0. The van der Waals surface area contributed by atoms with Gasteiger partial charge in [0.1, 0.15) is 0 Å². The Morgan fingerprint density at radius 1 is 1.62 bits per heavy atom. The van der Waals surface area contributed by atoms with Crippen molar-refractivity contribution in [1.82, 2.24) is 5.32 Å². The van der Waals surface area contributed by atoms with E-state index in [9.17, 15) is 0 Å². The summed E-state index contributed by atoms with van der Waals surface area (Å²) in [6, 6.07) is 0. The summed E-state index contributed by atoms with van der Waals surface area (Å²) in [6.45, 7) is 4.29. The van der Waals surface area contributed by atoms with Crippen molar-refractivity contribution in [2.24, 2.45) is 5.92 Å². The molecule has 1 rings (SSSR count). The zero-order valence-electron chi connectivity index (χ0n) is 5.20. The van der Waals surface area contributed by atoms with Gasteiger partial charge in [-0.15, -0.1) is 5.92 Å². The summed E-state index contributed by atoms with van der Waals surface area (Å²) in [5, 5.41) is 3.17. The topological polar surface area (TPSA) is 12.0 Å². The van der Waals surface area contributed by atoms with E-state index < -0.39 is 0 Å². The summed E-state index contributed by atoms with van der Waals surface area (Å²) >= 11 is 0. The molecule has 0 unspecified atom stereocenters. The predicted molar refractivity (Wildman–Crippen MR) is 34.4 cm³/mol. The minimum atomic E-state index is 0.662. The smallest absolute Gasteiger partial charge is 0.0452 e. The van der Waals surface area contributed by atoms with Gasteiger partial charge in [0.2, 0.25) is 0 Å². The first kappa shape index (κ1) is 5.65. The molecule has 0 aromatic carbocycles. The van der Waals surface area contributed by atoms with Gasteiger partial charge in [-0.05, 0) is 0 Å². The minimum Gasteiger partial charge on any atom is -0.314 e. The molecule has 0 bridgehead atoms. The predicted octanol–water partition coefficient (Wildman–Crippen LogP) is 0.619. The standard InChI is InChI=1S/C7H11N/c1-2-3-4-7-5-8-6-7/h7-8H,2,5-6H2,1H3. The van der Waals surface area contributed by atoms with Gasteiger partial charge in [-0.2, -0.15) is 0 Å². The maximum atomic E-state index is 3.17. The zero-order valence-corrected chi connectivity index (χ0v) is 5.20. The van der Waals surface area contributed by atoms with Crippen LogP contribution in [0.5, 0.6) is 0 Å². The van der Waals surface area contributed by atoms with Gasteiger partial charge in [0, 0.05) is 25.4 Å². The lowest BCUT2D eigenvalue weighted by molar-refractivity contribution is 0.432. The Kier molecular flexibility index (Phi) is 1.93. The third kappa shape index (κ3) is 1.24. The molecule has 1 nitrogen and oxygen atoms in total. The van der Waals surface area contributed by atoms with E-state index in [1.54, 1.807) is 0 Å². The molecule has 1 heterocycles. The molecule has 0 amide bonds. The normalized spacial score (nSPS) is 18.6. The van der Waals surface area contributed by atoms with Crippen LogP contribution < -0.4 is 5.32 Å². The average Bonchev–Trinajstić information content (AvgIpc) is 1.63. The van der Waals surface area contributed by atoms with Crippen molar-refractivity contribution >= 4 is 0 Å². The molecule has 8 heavy (non-hydrogen) atoms. The average molecular weight is 109 g/mol. The summed E-state index contributed by atoms with van der Waals surface area (Å²) in [6.07, 6.45) is 0.997. The molecule has 0 radical (unpaired) electrons. The van der Waals surface area contributed by atoms with Crippen LogP contribution in [0.4, 0.5) is 0 Å². The molecular weight excluding hydrogens is 98.1 g/mol. The first-order chi connectivity index (χ1) is 3.93. The van der Waals surface area contributed by atoms with Crippen LogP contribution in [-0.2, 0) is 0 Å². The van der Waals surface area contributed by atoms with Crippen molar-refractivity contribution in [3.63, 3.8) is 0 Å². The molecule has 0 aliphatic carbocycles. The van der Waals surface area contributed by atoms with E-state index in [4.69, 9.17) is 0 Å². The molecule has 1 N–H and O–H groups in total. The molecule has 0 aromatic rings. The van der Waals surface area contributed by atoms with Gasteiger partial charge in [0.15, 0.2) is 0 Å². The Bertz CT molecular complexity index is 114. The minimum absolute atomic E-state index is 0.662. The second kappa shape index (κ2) is 2.74. The van der Waals surface area contributed by atoms with Crippen LogP contribution in [0, 0.1) is 17.8 Å². The number of hydrogen-bond acceptors (Lipinski definition) is 1. The van der Waals surface area contributed by atoms with Crippen LogP contribution >= 0.6 is 0 Å². The maximum absolute atomic E-state index is 3.17. The lowest BCUT2D eigenvalue weighted by Gasteiger charge is -2.21. The van der Waals surface area contributed by atoms with E-state index in [-0.39, 0.29) is 0 Å². The number of nitrogens with one attached hydrogen (secondary N) is 1. The van der Waals surface area contributed by atoms with Gasteiger partial charge in [-0.25, -0.2) is 0 Å². The van der Waals surface area contributed by atoms with E-state index in [1.165, 1.54) is 0 Å². The summed E-state index contributed by atoms with van der Waals surface area (Å²) in [5.74, 6) is 6.88. The quantitative estimate of drug-likeness (QED) is 0.450. The molecular formula is C7H11N. The van der Waals surface area contributed by atoms with Gasteiger partial charge in [-0.3, -0.25) is 0 Å². The van der Waals surface area contributed by atoms with Crippen molar-refractivity contribution in [2.75, 3.05) is 13.1 Å². The fourth-order valence-electron chi connectivity index (χ4n) is 0.637. The molecule has 0 atom stereocenters. The Hall–Kier alpha value is -0.480. The monoisotopic (exact) mass is 109 g/mol. The molecule has 0 spiro atoms. The van der Waals surface area contributed by atoms with E-state index in [0.29, 0.717) is 5.92 Å². The first-order valence-electron chi connectivity index (χ1n) is 3.12. The molecule has 1 aliphatic rings. The third-order valence-corrected chi connectivity index (χ3v) is 1.26. The SMILES string of the molecule is CCC#CC1CNC1. The van der Waals surface area contributed by atoms with Gasteiger partial charge in [-0.1, -0.05) is 12.8 Å². The van der Waals surface area contributed by atoms with Crippen molar-refractivity contribution in [3.05, 3.63) is 0 Å². The van der Waals surface area contributed by atoms with Gasteiger partial charge >= 0.3 is 0 Å². The van der Waals surface area contributed by atoms with Crippen LogP contribution in [0.1, 0.15) is 13.3 Å². The highest BCUT2D eigenvalue weighted by atomic mass is 14.9. The second-order valence-corrected chi connectivity index (χ2v) is 2.03. The van der Waals surface area contributed by atoms with E-state index >= 15 is 0 Å². The van der Waals surface area contributed by atoms with Crippen LogP contribution in [0.3, 0.4) is 0 Å². The van der Waals surface area contributed by atoms with Crippen LogP contribution in [-0.4, -0.2) is 13.1 Å². The Morgan fingerprint density at radius 3 is 2.75 bits per heavy atom. The van der Waals surface area contributed by atoms with E-state index in [2.05, 4.69) is 24.1 Å². The molecule has 1 fully saturated rings. The van der Waals surface area contributed by atoms with Gasteiger partial charge in [0.25, 0.3) is 0 Å². The van der Waals surface area contributed by atoms with Crippen LogP contribution in [0.2, 0.25) is 0 Å². The summed E-state index contributed by atoms with van der Waals surface area (Å²) < 4.78 is 0. The van der Waals surface area contributed by atoms with Crippen molar-refractivity contribution < 1.29 is 0 Å². The Morgan fingerprint density at radius 2 is 2.38 bits per heavy atom. The molecule has 1 saturated heterocycles. The van der Waals surface area contributed by atoms with E-state index in [1.807, 2.05) is 0 Å². The van der Waals surface area contributed by atoms with Gasteiger partial charge in [0.05, 0.1) is 0 Å². The number of hydrogen-bond donors (Lipinski definition) is 1. The fourth-order valence-corrected chi connectivity index (χ4v) is 0.637. The first-order valence-corrected chi connectivity index (χ1v) is 3.12. The van der Waals surface area contributed by atoms with Gasteiger partial charge < -0.3 is 5.32 Å². The summed E-state index contributed by atoms with van der Waals surface area (Å²) in [5.41, 5.74) is 0. The maximum Gasteiger partial charge on any atom is 0.0452 e. The highest BCUT2D eigenvalue weighted by Gasteiger charge is 2.11. The molecule has 0 saturated carbocycles. The fraction of sp³-hybridized carbons (Fsp3) is 0.714. The second-order valence-electron chi connectivity index (χ2n) is 2.03. The highest BCUT2D eigenvalue weighted by molar-refractivity contribution is 5.07.